The van der Waals surface area contributed by atoms with E-state index in [1.165, 1.54) is 16.4 Å². The lowest BCUT2D eigenvalue weighted by Crippen LogP contribution is -2.41. The van der Waals surface area contributed by atoms with E-state index in [9.17, 15) is 17.6 Å². The first-order valence-electron chi connectivity index (χ1n) is 10.4. The Kier molecular flexibility index (Phi) is 7.11. The summed E-state index contributed by atoms with van der Waals surface area (Å²) >= 11 is 1.66. The normalized spacial score (nSPS) is 15.5. The van der Waals surface area contributed by atoms with Crippen molar-refractivity contribution in [2.24, 2.45) is 5.92 Å². The van der Waals surface area contributed by atoms with Crippen LogP contribution < -0.4 is 5.32 Å². The van der Waals surface area contributed by atoms with Gasteiger partial charge in [-0.2, -0.15) is 4.31 Å². The predicted octanol–water partition coefficient (Wildman–Crippen LogP) is 3.56. The molecule has 0 spiro atoms. The van der Waals surface area contributed by atoms with Gasteiger partial charge >= 0.3 is 6.01 Å². The van der Waals surface area contributed by atoms with Crippen molar-refractivity contribution >= 4 is 33.7 Å². The van der Waals surface area contributed by atoms with Gasteiger partial charge in [0, 0.05) is 23.9 Å². The number of benzene rings is 2. The summed E-state index contributed by atoms with van der Waals surface area (Å²) in [6.45, 7) is 0.387. The van der Waals surface area contributed by atoms with E-state index >= 15 is 0 Å². The summed E-state index contributed by atoms with van der Waals surface area (Å²) in [6.07, 6.45) is 3.18. The van der Waals surface area contributed by atoms with Gasteiger partial charge in [-0.15, -0.1) is 16.9 Å². The van der Waals surface area contributed by atoms with Crippen molar-refractivity contribution in [3.8, 4) is 0 Å². The van der Waals surface area contributed by atoms with Gasteiger partial charge in [0.05, 0.1) is 11.3 Å². The minimum atomic E-state index is -3.72. The molecule has 2 heterocycles. The molecular weight excluding hydrogens is 467 g/mol. The van der Waals surface area contributed by atoms with Crippen LogP contribution in [0.2, 0.25) is 0 Å². The number of hydrogen-bond acceptors (Lipinski definition) is 7. The first kappa shape index (κ1) is 23.4. The van der Waals surface area contributed by atoms with Gasteiger partial charge in [0.2, 0.25) is 21.8 Å². The van der Waals surface area contributed by atoms with E-state index in [-0.39, 0.29) is 35.8 Å². The number of amides is 1. The highest BCUT2D eigenvalue weighted by molar-refractivity contribution is 7.98. The Morgan fingerprint density at radius 2 is 1.79 bits per heavy atom. The standard InChI is InChI=1S/C22H23FN4O4S2/c1-32-18-6-2-15(3-7-18)14-20-25-26-22(31-20)24-21(28)16-10-12-27(13-11-16)33(29,30)19-8-4-17(23)5-9-19/h2-9,16H,10-14H2,1H3,(H,24,26,28). The summed E-state index contributed by atoms with van der Waals surface area (Å²) in [5, 5.41) is 10.5. The lowest BCUT2D eigenvalue weighted by Gasteiger charge is -2.30. The summed E-state index contributed by atoms with van der Waals surface area (Å²) in [4.78, 5) is 13.8. The summed E-state index contributed by atoms with van der Waals surface area (Å²) in [5.41, 5.74) is 1.02. The number of sulfonamides is 1. The molecule has 0 aliphatic carbocycles. The molecule has 33 heavy (non-hydrogen) atoms. The number of aromatic nitrogens is 2. The SMILES string of the molecule is CSc1ccc(Cc2nnc(NC(=O)C3CCN(S(=O)(=O)c4ccc(F)cc4)CC3)o2)cc1. The van der Waals surface area contributed by atoms with Gasteiger partial charge in [-0.3, -0.25) is 10.1 Å². The summed E-state index contributed by atoms with van der Waals surface area (Å²) in [7, 11) is -3.72. The minimum Gasteiger partial charge on any atom is -0.407 e. The Labute approximate surface area is 195 Å². The highest BCUT2D eigenvalue weighted by Gasteiger charge is 2.32. The van der Waals surface area contributed by atoms with Gasteiger partial charge in [0.15, 0.2) is 0 Å². The summed E-state index contributed by atoms with van der Waals surface area (Å²) in [5.74, 6) is -0.767. The molecule has 0 bridgehead atoms. The molecule has 8 nitrogen and oxygen atoms in total. The van der Waals surface area contributed by atoms with Crippen LogP contribution in [0.15, 0.2) is 62.7 Å². The van der Waals surface area contributed by atoms with Gasteiger partial charge < -0.3 is 4.42 Å². The van der Waals surface area contributed by atoms with Crippen LogP contribution in [0.3, 0.4) is 0 Å². The molecule has 1 aromatic heterocycles. The van der Waals surface area contributed by atoms with E-state index in [2.05, 4.69) is 15.5 Å². The fraction of sp³-hybridized carbons (Fsp3) is 0.318. The second-order valence-electron chi connectivity index (χ2n) is 7.65. The average Bonchev–Trinajstić information content (AvgIpc) is 3.26. The number of carbonyl (C=O) groups is 1. The molecular formula is C22H23FN4O4S2. The second-order valence-corrected chi connectivity index (χ2v) is 10.5. The van der Waals surface area contributed by atoms with Crippen LogP contribution in [-0.4, -0.2) is 48.2 Å². The third kappa shape index (κ3) is 5.60. The maximum absolute atomic E-state index is 13.1. The minimum absolute atomic E-state index is 0.0251. The molecule has 3 aromatic rings. The van der Waals surface area contributed by atoms with Crippen molar-refractivity contribution in [1.82, 2.24) is 14.5 Å². The highest BCUT2D eigenvalue weighted by Crippen LogP contribution is 2.25. The van der Waals surface area contributed by atoms with Gasteiger partial charge in [-0.25, -0.2) is 12.8 Å². The van der Waals surface area contributed by atoms with Crippen LogP contribution in [0.4, 0.5) is 10.4 Å². The Bertz CT molecular complexity index is 1210. The number of carbonyl (C=O) groups excluding carboxylic acids is 1. The molecule has 0 saturated carbocycles. The zero-order valence-corrected chi connectivity index (χ0v) is 19.5. The molecule has 1 amide bonds. The maximum Gasteiger partial charge on any atom is 0.322 e. The van der Waals surface area contributed by atoms with Gasteiger partial charge in [0.1, 0.15) is 5.82 Å². The Hall–Kier alpha value is -2.76. The van der Waals surface area contributed by atoms with Gasteiger partial charge in [0.25, 0.3) is 0 Å². The van der Waals surface area contributed by atoms with E-state index in [0.29, 0.717) is 25.2 Å². The molecule has 11 heteroatoms. The number of halogens is 1. The molecule has 174 valence electrons. The number of anilines is 1. The first-order valence-corrected chi connectivity index (χ1v) is 13.0. The molecule has 0 radical (unpaired) electrons. The monoisotopic (exact) mass is 490 g/mol. The number of piperidine rings is 1. The first-order chi connectivity index (χ1) is 15.8. The molecule has 1 fully saturated rings. The Morgan fingerprint density at radius 3 is 2.42 bits per heavy atom. The average molecular weight is 491 g/mol. The Balaban J connectivity index is 1.31. The third-order valence-corrected chi connectivity index (χ3v) is 8.14. The van der Waals surface area contributed by atoms with Crippen molar-refractivity contribution in [1.29, 1.82) is 0 Å². The third-order valence-electron chi connectivity index (χ3n) is 5.49. The molecule has 1 N–H and O–H groups in total. The number of nitrogens with zero attached hydrogens (tertiary/aromatic N) is 3. The van der Waals surface area contributed by atoms with Crippen LogP contribution in [0.25, 0.3) is 0 Å². The van der Waals surface area contributed by atoms with Crippen LogP contribution in [0.1, 0.15) is 24.3 Å². The highest BCUT2D eigenvalue weighted by atomic mass is 32.2. The largest absolute Gasteiger partial charge is 0.407 e. The van der Waals surface area contributed by atoms with E-state index in [1.54, 1.807) is 11.8 Å². The zero-order chi connectivity index (χ0) is 23.4. The molecule has 2 aromatic carbocycles. The van der Waals surface area contributed by atoms with E-state index in [1.807, 2.05) is 30.5 Å². The van der Waals surface area contributed by atoms with E-state index < -0.39 is 15.8 Å². The topological polar surface area (TPSA) is 105 Å². The molecule has 4 rings (SSSR count). The Morgan fingerprint density at radius 1 is 1.12 bits per heavy atom. The van der Waals surface area contributed by atoms with Crippen molar-refractivity contribution in [3.63, 3.8) is 0 Å². The van der Waals surface area contributed by atoms with Crippen molar-refractivity contribution in [3.05, 3.63) is 65.8 Å². The number of hydrogen-bond donors (Lipinski definition) is 1. The van der Waals surface area contributed by atoms with Crippen molar-refractivity contribution in [2.75, 3.05) is 24.7 Å². The quantitative estimate of drug-likeness (QED) is 0.505. The summed E-state index contributed by atoms with van der Waals surface area (Å²) in [6, 6.07) is 12.8. The molecule has 1 saturated heterocycles. The number of nitrogens with one attached hydrogen (secondary N) is 1. The fourth-order valence-electron chi connectivity index (χ4n) is 3.61. The van der Waals surface area contributed by atoms with Crippen LogP contribution in [0, 0.1) is 11.7 Å². The lowest BCUT2D eigenvalue weighted by molar-refractivity contribution is -0.121. The van der Waals surface area contributed by atoms with Gasteiger partial charge in [-0.05, 0) is 61.1 Å². The lowest BCUT2D eigenvalue weighted by atomic mass is 9.97. The second kappa shape index (κ2) is 10.0. The van der Waals surface area contributed by atoms with Crippen molar-refractivity contribution in [2.45, 2.75) is 29.1 Å². The van der Waals surface area contributed by atoms with Crippen LogP contribution >= 0.6 is 11.8 Å². The summed E-state index contributed by atoms with van der Waals surface area (Å²) < 4.78 is 45.4. The molecule has 0 atom stereocenters. The predicted molar refractivity (Wildman–Crippen MR) is 122 cm³/mol. The molecule has 1 aliphatic heterocycles. The number of rotatable bonds is 7. The fourth-order valence-corrected chi connectivity index (χ4v) is 5.49. The van der Waals surface area contributed by atoms with E-state index in [0.717, 1.165) is 22.6 Å². The molecule has 1 aliphatic rings. The smallest absolute Gasteiger partial charge is 0.322 e. The number of thioether (sulfide) groups is 1. The van der Waals surface area contributed by atoms with E-state index in [4.69, 9.17) is 4.42 Å². The molecule has 0 unspecified atom stereocenters. The van der Waals surface area contributed by atoms with Crippen molar-refractivity contribution < 1.29 is 22.0 Å². The zero-order valence-electron chi connectivity index (χ0n) is 17.9. The van der Waals surface area contributed by atoms with Gasteiger partial charge in [-0.1, -0.05) is 17.2 Å². The maximum atomic E-state index is 13.1. The van der Waals surface area contributed by atoms with Crippen LogP contribution in [0.5, 0.6) is 0 Å². The van der Waals surface area contributed by atoms with Crippen LogP contribution in [-0.2, 0) is 21.2 Å².